The summed E-state index contributed by atoms with van der Waals surface area (Å²) in [7, 11) is 0. The largest absolute Gasteiger partial charge is 0.378 e. The van der Waals surface area contributed by atoms with Gasteiger partial charge in [0.2, 0.25) is 0 Å². The molecule has 0 aliphatic carbocycles. The van der Waals surface area contributed by atoms with Gasteiger partial charge < -0.3 is 4.74 Å². The highest BCUT2D eigenvalue weighted by atomic mass is 79.9. The summed E-state index contributed by atoms with van der Waals surface area (Å²) < 4.78 is 31.8. The summed E-state index contributed by atoms with van der Waals surface area (Å²) in [5.41, 5.74) is 0.504. The topological polar surface area (TPSA) is 9.23 Å². The number of benzene rings is 1. The van der Waals surface area contributed by atoms with E-state index < -0.39 is 11.6 Å². The minimum Gasteiger partial charge on any atom is -0.378 e. The third-order valence-corrected chi connectivity index (χ3v) is 4.14. The van der Waals surface area contributed by atoms with Crippen molar-refractivity contribution in [1.29, 1.82) is 0 Å². The normalized spacial score (nSPS) is 27.0. The van der Waals surface area contributed by atoms with Crippen molar-refractivity contribution in [3.05, 3.63) is 35.4 Å². The number of halogens is 3. The quantitative estimate of drug-likeness (QED) is 0.753. The predicted octanol–water partition coefficient (Wildman–Crippen LogP) is 3.83. The van der Waals surface area contributed by atoms with Crippen molar-refractivity contribution in [3.63, 3.8) is 0 Å². The molecule has 1 nitrogen and oxygen atoms in total. The molecule has 88 valence electrons. The minimum absolute atomic E-state index is 0.113. The molecule has 3 unspecified atom stereocenters. The van der Waals surface area contributed by atoms with Gasteiger partial charge in [0, 0.05) is 22.4 Å². The van der Waals surface area contributed by atoms with E-state index in [4.69, 9.17) is 4.74 Å². The predicted molar refractivity (Wildman–Crippen MR) is 61.5 cm³/mol. The first-order valence-corrected chi connectivity index (χ1v) is 6.20. The molecule has 1 heterocycles. The Morgan fingerprint density at radius 3 is 2.75 bits per heavy atom. The number of rotatable bonds is 2. The first kappa shape index (κ1) is 12.0. The Kier molecular flexibility index (Phi) is 3.60. The lowest BCUT2D eigenvalue weighted by molar-refractivity contribution is 0.120. The van der Waals surface area contributed by atoms with Crippen LogP contribution in [0, 0.1) is 17.6 Å². The summed E-state index contributed by atoms with van der Waals surface area (Å²) in [6.07, 6.45) is 1.11. The second-order valence-corrected chi connectivity index (χ2v) is 5.19. The molecule has 2 rings (SSSR count). The molecular formula is C12H13BrF2O. The van der Waals surface area contributed by atoms with E-state index in [1.807, 2.05) is 6.92 Å². The van der Waals surface area contributed by atoms with Crippen molar-refractivity contribution in [1.82, 2.24) is 0 Å². The number of ether oxygens (including phenoxy) is 1. The van der Waals surface area contributed by atoms with Crippen LogP contribution in [0.25, 0.3) is 0 Å². The van der Waals surface area contributed by atoms with Crippen LogP contribution in [0.5, 0.6) is 0 Å². The van der Waals surface area contributed by atoms with Crippen molar-refractivity contribution in [3.8, 4) is 0 Å². The molecule has 0 spiro atoms. The summed E-state index contributed by atoms with van der Waals surface area (Å²) >= 11 is 3.47. The number of hydrogen-bond acceptors (Lipinski definition) is 1. The second-order valence-electron chi connectivity index (χ2n) is 4.21. The summed E-state index contributed by atoms with van der Waals surface area (Å²) in [4.78, 5) is -0.113. The van der Waals surface area contributed by atoms with E-state index in [2.05, 4.69) is 15.9 Å². The monoisotopic (exact) mass is 290 g/mol. The van der Waals surface area contributed by atoms with Crippen molar-refractivity contribution in [2.24, 2.45) is 5.92 Å². The molecule has 1 aromatic carbocycles. The van der Waals surface area contributed by atoms with Gasteiger partial charge in [-0.3, -0.25) is 0 Å². The lowest BCUT2D eigenvalue weighted by Gasteiger charge is -2.16. The summed E-state index contributed by atoms with van der Waals surface area (Å²) in [5, 5.41) is 0. The molecule has 0 bridgehead atoms. The Labute approximate surface area is 102 Å². The van der Waals surface area contributed by atoms with Crippen LogP contribution >= 0.6 is 15.9 Å². The van der Waals surface area contributed by atoms with E-state index in [1.54, 1.807) is 0 Å². The molecule has 1 aliphatic heterocycles. The maximum absolute atomic E-state index is 13.5. The minimum atomic E-state index is -0.544. The van der Waals surface area contributed by atoms with Gasteiger partial charge in [0.25, 0.3) is 0 Å². The van der Waals surface area contributed by atoms with Crippen LogP contribution in [0.2, 0.25) is 0 Å². The van der Waals surface area contributed by atoms with Crippen LogP contribution in [-0.4, -0.2) is 12.7 Å². The average molecular weight is 291 g/mol. The zero-order valence-electron chi connectivity index (χ0n) is 8.92. The number of alkyl halides is 1. The van der Waals surface area contributed by atoms with Crippen molar-refractivity contribution < 1.29 is 13.5 Å². The maximum atomic E-state index is 13.5. The highest BCUT2D eigenvalue weighted by Crippen LogP contribution is 2.38. The van der Waals surface area contributed by atoms with E-state index in [0.29, 0.717) is 12.2 Å². The third kappa shape index (κ3) is 2.43. The number of hydrogen-bond donors (Lipinski definition) is 0. The zero-order chi connectivity index (χ0) is 11.7. The average Bonchev–Trinajstić information content (AvgIpc) is 2.64. The molecule has 0 amide bonds. The van der Waals surface area contributed by atoms with E-state index in [-0.39, 0.29) is 16.8 Å². The molecule has 0 saturated carbocycles. The lowest BCUT2D eigenvalue weighted by atomic mass is 9.96. The van der Waals surface area contributed by atoms with Gasteiger partial charge in [0.1, 0.15) is 11.6 Å². The van der Waals surface area contributed by atoms with E-state index in [9.17, 15) is 8.78 Å². The van der Waals surface area contributed by atoms with Gasteiger partial charge in [-0.15, -0.1) is 0 Å². The van der Waals surface area contributed by atoms with Gasteiger partial charge in [0.05, 0.1) is 12.7 Å². The SMILES string of the molecule is CC1CC(C(Br)c2ccc(F)cc2F)CO1. The molecule has 0 aromatic heterocycles. The van der Waals surface area contributed by atoms with Crippen molar-refractivity contribution in [2.75, 3.05) is 6.61 Å². The Bertz CT molecular complexity index is 383. The smallest absolute Gasteiger partial charge is 0.130 e. The van der Waals surface area contributed by atoms with Crippen molar-refractivity contribution >= 4 is 15.9 Å². The first-order valence-electron chi connectivity index (χ1n) is 5.28. The Morgan fingerprint density at radius 2 is 2.19 bits per heavy atom. The first-order chi connectivity index (χ1) is 7.58. The fourth-order valence-corrected chi connectivity index (χ4v) is 2.77. The Balaban J connectivity index is 2.17. The summed E-state index contributed by atoms with van der Waals surface area (Å²) in [6.45, 7) is 2.62. The highest BCUT2D eigenvalue weighted by molar-refractivity contribution is 9.09. The summed E-state index contributed by atoms with van der Waals surface area (Å²) in [6, 6.07) is 3.70. The second kappa shape index (κ2) is 4.80. The molecular weight excluding hydrogens is 278 g/mol. The van der Waals surface area contributed by atoms with Crippen LogP contribution < -0.4 is 0 Å². The fraction of sp³-hybridized carbons (Fsp3) is 0.500. The lowest BCUT2D eigenvalue weighted by Crippen LogP contribution is -2.09. The van der Waals surface area contributed by atoms with Crippen molar-refractivity contribution in [2.45, 2.75) is 24.3 Å². The van der Waals surface area contributed by atoms with E-state index in [0.717, 1.165) is 12.5 Å². The molecule has 1 aliphatic rings. The van der Waals surface area contributed by atoms with E-state index in [1.165, 1.54) is 12.1 Å². The highest BCUT2D eigenvalue weighted by Gasteiger charge is 2.30. The van der Waals surface area contributed by atoms with Gasteiger partial charge in [-0.25, -0.2) is 8.78 Å². The molecule has 1 saturated heterocycles. The van der Waals surface area contributed by atoms with Gasteiger partial charge in [-0.2, -0.15) is 0 Å². The molecule has 1 aromatic rings. The van der Waals surface area contributed by atoms with Gasteiger partial charge in [0.15, 0.2) is 0 Å². The molecule has 0 N–H and O–H groups in total. The van der Waals surface area contributed by atoms with Crippen LogP contribution in [0.1, 0.15) is 23.7 Å². The van der Waals surface area contributed by atoms with Gasteiger partial charge in [-0.05, 0) is 19.4 Å². The van der Waals surface area contributed by atoms with Crippen LogP contribution in [0.4, 0.5) is 8.78 Å². The zero-order valence-corrected chi connectivity index (χ0v) is 10.5. The van der Waals surface area contributed by atoms with Crippen LogP contribution in [-0.2, 0) is 4.74 Å². The third-order valence-electron chi connectivity index (χ3n) is 2.90. The Morgan fingerprint density at radius 1 is 1.44 bits per heavy atom. The van der Waals surface area contributed by atoms with Crippen LogP contribution in [0.3, 0.4) is 0 Å². The maximum Gasteiger partial charge on any atom is 0.130 e. The Hall–Kier alpha value is -0.480. The van der Waals surface area contributed by atoms with Gasteiger partial charge >= 0.3 is 0 Å². The summed E-state index contributed by atoms with van der Waals surface area (Å²) in [5.74, 6) is -0.798. The molecule has 1 fully saturated rings. The van der Waals surface area contributed by atoms with E-state index >= 15 is 0 Å². The molecule has 3 atom stereocenters. The molecule has 0 radical (unpaired) electrons. The molecule has 16 heavy (non-hydrogen) atoms. The fourth-order valence-electron chi connectivity index (χ4n) is 2.03. The molecule has 4 heteroatoms. The van der Waals surface area contributed by atoms with Crippen LogP contribution in [0.15, 0.2) is 18.2 Å². The van der Waals surface area contributed by atoms with Gasteiger partial charge in [-0.1, -0.05) is 22.0 Å². The standard InChI is InChI=1S/C12H13BrF2O/c1-7-4-8(6-16-7)12(13)10-3-2-9(14)5-11(10)15/h2-3,5,7-8,12H,4,6H2,1H3.